The third-order valence-electron chi connectivity index (χ3n) is 1.96. The summed E-state index contributed by atoms with van der Waals surface area (Å²) in [7, 11) is 0. The summed E-state index contributed by atoms with van der Waals surface area (Å²) in [6.07, 6.45) is 9.73. The van der Waals surface area contributed by atoms with E-state index in [-0.39, 0.29) is 11.4 Å². The Morgan fingerprint density at radius 3 is 2.33 bits per heavy atom. The van der Waals surface area contributed by atoms with Crippen molar-refractivity contribution in [1.29, 1.82) is 0 Å². The summed E-state index contributed by atoms with van der Waals surface area (Å²) in [5.74, 6) is -0.151. The quantitative estimate of drug-likeness (QED) is 0.495. The summed E-state index contributed by atoms with van der Waals surface area (Å²) >= 11 is 0. The van der Waals surface area contributed by atoms with Gasteiger partial charge in [-0.1, -0.05) is 52.0 Å². The first-order valence-electron chi connectivity index (χ1n) is 5.53. The topological polar surface area (TPSA) is 26.3 Å². The number of hydrogen-bond donors (Lipinski definition) is 0. The monoisotopic (exact) mass is 210 g/mol. The molecule has 0 spiro atoms. The molecule has 0 rings (SSSR count). The summed E-state index contributed by atoms with van der Waals surface area (Å²) in [4.78, 5) is 10.8. The molecule has 0 aromatic carbocycles. The molecule has 0 atom stereocenters. The molecule has 0 aromatic heterocycles. The molecule has 0 aliphatic carbocycles. The van der Waals surface area contributed by atoms with Crippen molar-refractivity contribution >= 4 is 5.97 Å². The zero-order chi connectivity index (χ0) is 11.7. The van der Waals surface area contributed by atoms with Crippen LogP contribution in [0.4, 0.5) is 0 Å². The molecule has 0 aliphatic heterocycles. The Hall–Kier alpha value is -1.05. The number of ether oxygens (including phenoxy) is 1. The summed E-state index contributed by atoms with van der Waals surface area (Å²) < 4.78 is 4.94. The van der Waals surface area contributed by atoms with Crippen LogP contribution in [0.3, 0.4) is 0 Å². The first-order valence-corrected chi connectivity index (χ1v) is 5.53. The van der Waals surface area contributed by atoms with Crippen molar-refractivity contribution in [3.05, 3.63) is 24.3 Å². The van der Waals surface area contributed by atoms with Crippen LogP contribution in [0.15, 0.2) is 24.3 Å². The van der Waals surface area contributed by atoms with Gasteiger partial charge in [0, 0.05) is 11.8 Å². The van der Waals surface area contributed by atoms with Gasteiger partial charge in [0.05, 0.1) is 0 Å². The number of carbonyl (C=O) groups is 1. The summed E-state index contributed by atoms with van der Waals surface area (Å²) in [6.45, 7) is 8.52. The molecule has 15 heavy (non-hydrogen) atoms. The Balaban J connectivity index is 3.94. The molecule has 0 amide bonds. The Morgan fingerprint density at radius 2 is 1.80 bits per heavy atom. The third-order valence-corrected chi connectivity index (χ3v) is 1.96. The Kier molecular flexibility index (Phi) is 6.76. The molecule has 0 bridgehead atoms. The standard InChI is InChI=1S/C13H22O2/c1-5-7-9-13(3,4)10-8-11-15-12(14)6-2/h7-10H,5-6,11H2,1-4H3/b9-7+,10-8+. The van der Waals surface area contributed by atoms with Gasteiger partial charge in [-0.3, -0.25) is 4.79 Å². The first-order chi connectivity index (χ1) is 7.02. The van der Waals surface area contributed by atoms with Crippen LogP contribution in [-0.4, -0.2) is 12.6 Å². The lowest BCUT2D eigenvalue weighted by Gasteiger charge is -2.14. The van der Waals surface area contributed by atoms with Gasteiger partial charge in [0.15, 0.2) is 0 Å². The Bertz CT molecular complexity index is 237. The molecule has 0 aliphatic rings. The largest absolute Gasteiger partial charge is 0.461 e. The van der Waals surface area contributed by atoms with E-state index in [1.165, 1.54) is 0 Å². The number of carbonyl (C=O) groups excluding carboxylic acids is 1. The van der Waals surface area contributed by atoms with Gasteiger partial charge >= 0.3 is 5.97 Å². The van der Waals surface area contributed by atoms with Crippen molar-refractivity contribution in [2.24, 2.45) is 5.41 Å². The van der Waals surface area contributed by atoms with Crippen molar-refractivity contribution in [2.75, 3.05) is 6.61 Å². The van der Waals surface area contributed by atoms with E-state index in [0.29, 0.717) is 13.0 Å². The number of hydrogen-bond acceptors (Lipinski definition) is 2. The zero-order valence-electron chi connectivity index (χ0n) is 10.2. The highest BCUT2D eigenvalue weighted by atomic mass is 16.5. The van der Waals surface area contributed by atoms with E-state index in [2.05, 4.69) is 39.0 Å². The maximum atomic E-state index is 10.8. The second kappa shape index (κ2) is 7.27. The van der Waals surface area contributed by atoms with E-state index in [1.807, 2.05) is 6.08 Å². The Labute approximate surface area is 93.0 Å². The predicted molar refractivity (Wildman–Crippen MR) is 63.6 cm³/mol. The van der Waals surface area contributed by atoms with Crippen molar-refractivity contribution in [3.8, 4) is 0 Å². The molecule has 0 saturated carbocycles. The highest BCUT2D eigenvalue weighted by Crippen LogP contribution is 2.18. The lowest BCUT2D eigenvalue weighted by molar-refractivity contribution is -0.141. The SMILES string of the molecule is CC/C=C/C(C)(C)/C=C/COC(=O)CC. The lowest BCUT2D eigenvalue weighted by Crippen LogP contribution is -2.05. The fraction of sp³-hybridized carbons (Fsp3) is 0.615. The molecule has 0 radical (unpaired) electrons. The summed E-state index contributed by atoms with van der Waals surface area (Å²) in [5, 5.41) is 0. The smallest absolute Gasteiger partial charge is 0.305 e. The number of rotatable bonds is 6. The van der Waals surface area contributed by atoms with Gasteiger partial charge in [-0.05, 0) is 6.42 Å². The minimum absolute atomic E-state index is 0.0363. The average molecular weight is 210 g/mol. The van der Waals surface area contributed by atoms with Crippen LogP contribution in [0, 0.1) is 5.41 Å². The lowest BCUT2D eigenvalue weighted by atomic mass is 9.92. The van der Waals surface area contributed by atoms with Crippen molar-refractivity contribution in [3.63, 3.8) is 0 Å². The highest BCUT2D eigenvalue weighted by Gasteiger charge is 2.07. The fourth-order valence-corrected chi connectivity index (χ4v) is 1.07. The van der Waals surface area contributed by atoms with Crippen LogP contribution in [0.5, 0.6) is 0 Å². The van der Waals surface area contributed by atoms with Crippen molar-refractivity contribution < 1.29 is 9.53 Å². The van der Waals surface area contributed by atoms with E-state index in [1.54, 1.807) is 6.92 Å². The summed E-state index contributed by atoms with van der Waals surface area (Å²) in [6, 6.07) is 0. The molecule has 0 N–H and O–H groups in total. The van der Waals surface area contributed by atoms with Gasteiger partial charge in [-0.15, -0.1) is 0 Å². The molecule has 0 aromatic rings. The second-order valence-electron chi connectivity index (χ2n) is 4.07. The minimum Gasteiger partial charge on any atom is -0.461 e. The van der Waals surface area contributed by atoms with Gasteiger partial charge in [0.1, 0.15) is 6.61 Å². The summed E-state index contributed by atoms with van der Waals surface area (Å²) in [5.41, 5.74) is 0.0363. The normalized spacial score (nSPS) is 12.5. The zero-order valence-corrected chi connectivity index (χ0v) is 10.2. The van der Waals surface area contributed by atoms with Crippen molar-refractivity contribution in [1.82, 2.24) is 0 Å². The maximum absolute atomic E-state index is 10.8. The van der Waals surface area contributed by atoms with E-state index >= 15 is 0 Å². The van der Waals surface area contributed by atoms with Crippen LogP contribution in [0.1, 0.15) is 40.5 Å². The predicted octanol–water partition coefficient (Wildman–Crippen LogP) is 3.49. The minimum atomic E-state index is -0.151. The highest BCUT2D eigenvalue weighted by molar-refractivity contribution is 5.68. The molecule has 2 heteroatoms. The molecule has 0 heterocycles. The molecular formula is C13H22O2. The first kappa shape index (κ1) is 13.9. The molecule has 86 valence electrons. The van der Waals surface area contributed by atoms with Crippen LogP contribution in [0.25, 0.3) is 0 Å². The second-order valence-corrected chi connectivity index (χ2v) is 4.07. The van der Waals surface area contributed by atoms with Gasteiger partial charge in [-0.25, -0.2) is 0 Å². The van der Waals surface area contributed by atoms with Crippen LogP contribution >= 0.6 is 0 Å². The molecule has 0 unspecified atom stereocenters. The van der Waals surface area contributed by atoms with Gasteiger partial charge in [-0.2, -0.15) is 0 Å². The van der Waals surface area contributed by atoms with Gasteiger partial charge in [0.2, 0.25) is 0 Å². The number of esters is 1. The average Bonchev–Trinajstić information content (AvgIpc) is 2.21. The maximum Gasteiger partial charge on any atom is 0.305 e. The Morgan fingerprint density at radius 1 is 1.20 bits per heavy atom. The van der Waals surface area contributed by atoms with Crippen molar-refractivity contribution in [2.45, 2.75) is 40.5 Å². The third kappa shape index (κ3) is 7.98. The van der Waals surface area contributed by atoms with E-state index in [0.717, 1.165) is 6.42 Å². The van der Waals surface area contributed by atoms with Gasteiger partial charge in [0.25, 0.3) is 0 Å². The molecule has 2 nitrogen and oxygen atoms in total. The molecule has 0 saturated heterocycles. The van der Waals surface area contributed by atoms with E-state index < -0.39 is 0 Å². The fourth-order valence-electron chi connectivity index (χ4n) is 1.07. The number of allylic oxidation sites excluding steroid dienone is 3. The van der Waals surface area contributed by atoms with E-state index in [4.69, 9.17) is 4.74 Å². The van der Waals surface area contributed by atoms with Crippen LogP contribution in [-0.2, 0) is 9.53 Å². The van der Waals surface area contributed by atoms with Crippen LogP contribution in [0.2, 0.25) is 0 Å². The molecular weight excluding hydrogens is 188 g/mol. The molecule has 0 fully saturated rings. The van der Waals surface area contributed by atoms with E-state index in [9.17, 15) is 4.79 Å². The van der Waals surface area contributed by atoms with Crippen LogP contribution < -0.4 is 0 Å². The van der Waals surface area contributed by atoms with Gasteiger partial charge < -0.3 is 4.74 Å².